The molecule has 5 nitrogen and oxygen atoms in total. The second-order valence-corrected chi connectivity index (χ2v) is 7.96. The number of nitrogens with one attached hydrogen (secondary N) is 1. The van der Waals surface area contributed by atoms with Gasteiger partial charge in [-0.3, -0.25) is 4.79 Å². The van der Waals surface area contributed by atoms with Crippen molar-refractivity contribution in [1.82, 2.24) is 20.1 Å². The summed E-state index contributed by atoms with van der Waals surface area (Å²) in [5.74, 6) is 0.722. The minimum atomic E-state index is -0.305. The number of aromatic nitrogens is 3. The van der Waals surface area contributed by atoms with Gasteiger partial charge in [-0.1, -0.05) is 65.8 Å². The van der Waals surface area contributed by atoms with Crippen molar-refractivity contribution in [2.45, 2.75) is 30.8 Å². The quantitative estimate of drug-likeness (QED) is 0.628. The third kappa shape index (κ3) is 4.51. The van der Waals surface area contributed by atoms with Crippen LogP contribution in [-0.4, -0.2) is 25.9 Å². The van der Waals surface area contributed by atoms with Crippen LogP contribution in [0.15, 0.2) is 53.7 Å². The second kappa shape index (κ2) is 8.59. The predicted molar refractivity (Wildman–Crippen MR) is 110 cm³/mol. The first-order chi connectivity index (χ1) is 13.0. The van der Waals surface area contributed by atoms with E-state index >= 15 is 0 Å². The Morgan fingerprint density at radius 3 is 2.63 bits per heavy atom. The Kier molecular flexibility index (Phi) is 6.19. The molecule has 0 saturated carbocycles. The molecular weight excluding hydrogens is 380 g/mol. The lowest BCUT2D eigenvalue weighted by Gasteiger charge is -2.12. The number of carbonyl (C=O) groups excluding carboxylic acids is 1. The van der Waals surface area contributed by atoms with Gasteiger partial charge >= 0.3 is 0 Å². The number of hydrogen-bond donors (Lipinski definition) is 1. The summed E-state index contributed by atoms with van der Waals surface area (Å²) in [5, 5.41) is 12.5. The number of thioether (sulfide) groups is 1. The Morgan fingerprint density at radius 1 is 1.19 bits per heavy atom. The van der Waals surface area contributed by atoms with E-state index in [1.54, 1.807) is 0 Å². The SMILES string of the molecule is Cc1ccccc1-c1nnc(S[C@H](C)C(=O)NCc2ccccc2Cl)n1C. The van der Waals surface area contributed by atoms with Crippen molar-refractivity contribution in [3.63, 3.8) is 0 Å². The first kappa shape index (κ1) is 19.5. The molecule has 0 fully saturated rings. The van der Waals surface area contributed by atoms with Crippen LogP contribution in [0.25, 0.3) is 11.4 Å². The van der Waals surface area contributed by atoms with Gasteiger partial charge in [-0.05, 0) is 31.0 Å². The maximum absolute atomic E-state index is 12.4. The molecule has 1 atom stereocenters. The molecule has 2 aromatic carbocycles. The van der Waals surface area contributed by atoms with E-state index in [1.807, 2.05) is 74.0 Å². The highest BCUT2D eigenvalue weighted by Crippen LogP contribution is 2.27. The van der Waals surface area contributed by atoms with Gasteiger partial charge < -0.3 is 9.88 Å². The van der Waals surface area contributed by atoms with Gasteiger partial charge in [-0.15, -0.1) is 10.2 Å². The van der Waals surface area contributed by atoms with E-state index < -0.39 is 0 Å². The summed E-state index contributed by atoms with van der Waals surface area (Å²) < 4.78 is 1.92. The fraction of sp³-hybridized carbons (Fsp3) is 0.250. The van der Waals surface area contributed by atoms with Gasteiger partial charge in [0.1, 0.15) is 0 Å². The summed E-state index contributed by atoms with van der Waals surface area (Å²) in [7, 11) is 1.92. The lowest BCUT2D eigenvalue weighted by atomic mass is 10.1. The monoisotopic (exact) mass is 400 g/mol. The van der Waals surface area contributed by atoms with Gasteiger partial charge in [0.15, 0.2) is 11.0 Å². The van der Waals surface area contributed by atoms with Gasteiger partial charge in [-0.2, -0.15) is 0 Å². The van der Waals surface area contributed by atoms with Crippen LogP contribution in [0.3, 0.4) is 0 Å². The van der Waals surface area contributed by atoms with E-state index in [-0.39, 0.29) is 11.2 Å². The van der Waals surface area contributed by atoms with E-state index in [9.17, 15) is 4.79 Å². The molecule has 3 aromatic rings. The number of rotatable bonds is 6. The van der Waals surface area contributed by atoms with Gasteiger partial charge in [0.2, 0.25) is 5.91 Å². The molecule has 0 saturated heterocycles. The first-order valence-corrected chi connectivity index (χ1v) is 9.86. The number of nitrogens with zero attached hydrogens (tertiary/aromatic N) is 3. The lowest BCUT2D eigenvalue weighted by Crippen LogP contribution is -2.30. The molecule has 27 heavy (non-hydrogen) atoms. The van der Waals surface area contributed by atoms with E-state index in [1.165, 1.54) is 11.8 Å². The molecule has 1 amide bonds. The summed E-state index contributed by atoms with van der Waals surface area (Å²) in [6.07, 6.45) is 0. The van der Waals surface area contributed by atoms with Crippen molar-refractivity contribution in [2.24, 2.45) is 7.05 Å². The van der Waals surface area contributed by atoms with Crippen LogP contribution in [-0.2, 0) is 18.4 Å². The number of carbonyl (C=O) groups is 1. The molecule has 1 N–H and O–H groups in total. The Bertz CT molecular complexity index is 957. The molecule has 0 radical (unpaired) electrons. The van der Waals surface area contributed by atoms with Gasteiger partial charge in [0, 0.05) is 24.2 Å². The molecule has 0 unspecified atom stereocenters. The normalized spacial score (nSPS) is 12.0. The number of halogens is 1. The smallest absolute Gasteiger partial charge is 0.233 e. The van der Waals surface area contributed by atoms with Crippen molar-refractivity contribution in [2.75, 3.05) is 0 Å². The summed E-state index contributed by atoms with van der Waals surface area (Å²) in [4.78, 5) is 12.4. The van der Waals surface area contributed by atoms with E-state index in [0.29, 0.717) is 16.7 Å². The molecule has 0 bridgehead atoms. The Morgan fingerprint density at radius 2 is 1.89 bits per heavy atom. The predicted octanol–water partition coefficient (Wildman–Crippen LogP) is 4.24. The van der Waals surface area contributed by atoms with Crippen molar-refractivity contribution in [3.8, 4) is 11.4 Å². The fourth-order valence-electron chi connectivity index (χ4n) is 2.66. The molecule has 0 aliphatic heterocycles. The van der Waals surface area contributed by atoms with Crippen LogP contribution in [0.5, 0.6) is 0 Å². The zero-order valence-electron chi connectivity index (χ0n) is 15.4. The van der Waals surface area contributed by atoms with Crippen LogP contribution in [0.4, 0.5) is 0 Å². The first-order valence-electron chi connectivity index (χ1n) is 8.60. The minimum absolute atomic E-state index is 0.0691. The van der Waals surface area contributed by atoms with Crippen LogP contribution < -0.4 is 5.32 Å². The highest BCUT2D eigenvalue weighted by atomic mass is 35.5. The molecule has 0 aliphatic rings. The van der Waals surface area contributed by atoms with Crippen molar-refractivity contribution in [3.05, 3.63) is 64.7 Å². The third-order valence-electron chi connectivity index (χ3n) is 4.28. The summed E-state index contributed by atoms with van der Waals surface area (Å²) in [6, 6.07) is 15.5. The van der Waals surface area contributed by atoms with E-state index in [2.05, 4.69) is 15.5 Å². The van der Waals surface area contributed by atoms with Gasteiger partial charge in [0.25, 0.3) is 0 Å². The third-order valence-corrected chi connectivity index (χ3v) is 5.79. The van der Waals surface area contributed by atoms with Crippen molar-refractivity contribution >= 4 is 29.3 Å². The maximum atomic E-state index is 12.4. The molecule has 1 heterocycles. The van der Waals surface area contributed by atoms with Crippen LogP contribution in [0.2, 0.25) is 5.02 Å². The molecular formula is C20H21ClN4OS. The standard InChI is InChI=1S/C20H21ClN4OS/c1-13-8-4-6-10-16(13)18-23-24-20(25(18)3)27-14(2)19(26)22-12-15-9-5-7-11-17(15)21/h4-11,14H,12H2,1-3H3,(H,22,26)/t14-/m1/s1. The van der Waals surface area contributed by atoms with Crippen LogP contribution in [0, 0.1) is 6.92 Å². The minimum Gasteiger partial charge on any atom is -0.351 e. The second-order valence-electron chi connectivity index (χ2n) is 6.25. The summed E-state index contributed by atoms with van der Waals surface area (Å²) in [6.45, 7) is 4.30. The molecule has 1 aromatic heterocycles. The highest BCUT2D eigenvalue weighted by Gasteiger charge is 2.19. The zero-order chi connectivity index (χ0) is 19.4. The number of hydrogen-bond acceptors (Lipinski definition) is 4. The average Bonchev–Trinajstić information content (AvgIpc) is 3.01. The molecule has 0 aliphatic carbocycles. The Hall–Kier alpha value is -2.31. The number of amides is 1. The van der Waals surface area contributed by atoms with Gasteiger partial charge in [-0.25, -0.2) is 0 Å². The largest absolute Gasteiger partial charge is 0.351 e. The Balaban J connectivity index is 1.66. The fourth-order valence-corrected chi connectivity index (χ4v) is 3.70. The van der Waals surface area contributed by atoms with Gasteiger partial charge in [0.05, 0.1) is 5.25 Å². The highest BCUT2D eigenvalue weighted by molar-refractivity contribution is 8.00. The van der Waals surface area contributed by atoms with Crippen molar-refractivity contribution in [1.29, 1.82) is 0 Å². The lowest BCUT2D eigenvalue weighted by molar-refractivity contribution is -0.120. The molecule has 3 rings (SSSR count). The van der Waals surface area contributed by atoms with E-state index in [4.69, 9.17) is 11.6 Å². The van der Waals surface area contributed by atoms with E-state index in [0.717, 1.165) is 22.5 Å². The topological polar surface area (TPSA) is 59.8 Å². The zero-order valence-corrected chi connectivity index (χ0v) is 17.0. The molecule has 0 spiro atoms. The number of benzene rings is 2. The molecule has 7 heteroatoms. The molecule has 140 valence electrons. The average molecular weight is 401 g/mol. The van der Waals surface area contributed by atoms with Crippen LogP contribution >= 0.6 is 23.4 Å². The maximum Gasteiger partial charge on any atom is 0.233 e. The summed E-state index contributed by atoms with van der Waals surface area (Å²) in [5.41, 5.74) is 3.07. The number of aryl methyl sites for hydroxylation is 1. The summed E-state index contributed by atoms with van der Waals surface area (Å²) >= 11 is 7.52. The van der Waals surface area contributed by atoms with Crippen molar-refractivity contribution < 1.29 is 4.79 Å². The van der Waals surface area contributed by atoms with Crippen LogP contribution in [0.1, 0.15) is 18.1 Å². The Labute approximate surface area is 168 Å².